The molecule has 1 aromatic heterocycles. The molecule has 0 aliphatic carbocycles. The van der Waals surface area contributed by atoms with E-state index in [0.29, 0.717) is 24.0 Å². The maximum atomic E-state index is 13.3. The Labute approximate surface area is 208 Å². The summed E-state index contributed by atoms with van der Waals surface area (Å²) in [5.41, 5.74) is 3.12. The fourth-order valence-electron chi connectivity index (χ4n) is 4.26. The Morgan fingerprint density at radius 1 is 0.912 bits per heavy atom. The van der Waals surface area contributed by atoms with Gasteiger partial charge in [0, 0.05) is 41.8 Å². The Balaban J connectivity index is 1.37. The number of hydrogen-bond acceptors (Lipinski definition) is 4. The predicted molar refractivity (Wildman–Crippen MR) is 134 cm³/mol. The molecule has 1 aliphatic heterocycles. The van der Waals surface area contributed by atoms with Crippen molar-refractivity contribution < 1.29 is 9.21 Å². The lowest BCUT2D eigenvalue weighted by molar-refractivity contribution is 0.0431. The number of amides is 1. The molecule has 1 aliphatic rings. The van der Waals surface area contributed by atoms with Gasteiger partial charge in [-0.25, -0.2) is 4.98 Å². The second-order valence-electron chi connectivity index (χ2n) is 8.31. The fraction of sp³-hybridized carbons (Fsp3) is 0.185. The van der Waals surface area contributed by atoms with Gasteiger partial charge in [-0.2, -0.15) is 0 Å². The van der Waals surface area contributed by atoms with Gasteiger partial charge in [0.1, 0.15) is 0 Å². The van der Waals surface area contributed by atoms with Crippen molar-refractivity contribution >= 4 is 29.1 Å². The Morgan fingerprint density at radius 3 is 2.29 bits per heavy atom. The highest BCUT2D eigenvalue weighted by Gasteiger charge is 2.32. The van der Waals surface area contributed by atoms with E-state index in [4.69, 9.17) is 27.6 Å². The minimum absolute atomic E-state index is 0.0159. The van der Waals surface area contributed by atoms with E-state index in [2.05, 4.69) is 9.88 Å². The maximum absolute atomic E-state index is 13.3. The van der Waals surface area contributed by atoms with Gasteiger partial charge >= 0.3 is 0 Å². The molecular formula is C27H23Cl2N3O2. The number of carbonyl (C=O) groups excluding carboxylic acids is 1. The Bertz CT molecular complexity index is 1260. The van der Waals surface area contributed by atoms with Crippen LogP contribution in [0.25, 0.3) is 11.5 Å². The maximum Gasteiger partial charge on any atom is 0.291 e. The lowest BCUT2D eigenvalue weighted by atomic mass is 10.0. The SMILES string of the molecule is O=C(c1cnc(-c2ccccc2)o1)N1CCN(Cc2ccc(Cl)cc2)C(c2ccc(Cl)cc2)C1. The van der Waals surface area contributed by atoms with Gasteiger partial charge < -0.3 is 9.32 Å². The summed E-state index contributed by atoms with van der Waals surface area (Å²) >= 11 is 12.2. The second-order valence-corrected chi connectivity index (χ2v) is 9.18. The van der Waals surface area contributed by atoms with Crippen LogP contribution in [-0.2, 0) is 6.54 Å². The van der Waals surface area contributed by atoms with Crippen LogP contribution in [0.2, 0.25) is 10.0 Å². The summed E-state index contributed by atoms with van der Waals surface area (Å²) in [5.74, 6) is 0.541. The number of halogens is 2. The molecule has 0 N–H and O–H groups in total. The van der Waals surface area contributed by atoms with Gasteiger partial charge in [0.2, 0.25) is 11.7 Å². The number of piperazine rings is 1. The minimum atomic E-state index is -0.153. The molecule has 5 rings (SSSR count). The van der Waals surface area contributed by atoms with Crippen molar-refractivity contribution in [3.8, 4) is 11.5 Å². The number of aromatic nitrogens is 1. The van der Waals surface area contributed by atoms with Crippen LogP contribution in [0.1, 0.15) is 27.7 Å². The molecule has 3 aromatic carbocycles. The summed E-state index contributed by atoms with van der Waals surface area (Å²) in [5, 5.41) is 1.40. The fourth-order valence-corrected chi connectivity index (χ4v) is 4.51. The monoisotopic (exact) mass is 491 g/mol. The molecule has 5 nitrogen and oxygen atoms in total. The summed E-state index contributed by atoms with van der Waals surface area (Å²) in [7, 11) is 0. The van der Waals surface area contributed by atoms with Crippen molar-refractivity contribution in [2.75, 3.05) is 19.6 Å². The average Bonchev–Trinajstić information content (AvgIpc) is 3.37. The van der Waals surface area contributed by atoms with Crippen LogP contribution >= 0.6 is 23.2 Å². The highest BCUT2D eigenvalue weighted by atomic mass is 35.5. The molecule has 1 unspecified atom stereocenters. The third-order valence-corrected chi connectivity index (χ3v) is 6.57. The van der Waals surface area contributed by atoms with Crippen molar-refractivity contribution in [3.63, 3.8) is 0 Å². The van der Waals surface area contributed by atoms with Crippen LogP contribution in [0.15, 0.2) is 89.5 Å². The lowest BCUT2D eigenvalue weighted by Crippen LogP contribution is -2.50. The number of nitrogens with zero attached hydrogens (tertiary/aromatic N) is 3. The molecule has 2 heterocycles. The zero-order valence-electron chi connectivity index (χ0n) is 18.4. The van der Waals surface area contributed by atoms with E-state index in [9.17, 15) is 4.79 Å². The molecule has 0 saturated carbocycles. The van der Waals surface area contributed by atoms with Gasteiger partial charge in [0.15, 0.2) is 0 Å². The molecule has 0 radical (unpaired) electrons. The van der Waals surface area contributed by atoms with E-state index in [1.807, 2.05) is 83.8 Å². The highest BCUT2D eigenvalue weighted by molar-refractivity contribution is 6.30. The zero-order valence-corrected chi connectivity index (χ0v) is 19.9. The normalized spacial score (nSPS) is 16.5. The van der Waals surface area contributed by atoms with Gasteiger partial charge in [-0.1, -0.05) is 65.7 Å². The molecule has 7 heteroatoms. The van der Waals surface area contributed by atoms with E-state index >= 15 is 0 Å². The van der Waals surface area contributed by atoms with Gasteiger partial charge in [0.05, 0.1) is 12.2 Å². The zero-order chi connectivity index (χ0) is 23.5. The van der Waals surface area contributed by atoms with E-state index in [1.54, 1.807) is 0 Å². The molecule has 1 atom stereocenters. The number of carbonyl (C=O) groups is 1. The number of hydrogen-bond donors (Lipinski definition) is 0. The summed E-state index contributed by atoms with van der Waals surface area (Å²) in [6.45, 7) is 2.61. The molecular weight excluding hydrogens is 469 g/mol. The van der Waals surface area contributed by atoms with Crippen molar-refractivity contribution in [2.45, 2.75) is 12.6 Å². The van der Waals surface area contributed by atoms with Crippen molar-refractivity contribution in [2.24, 2.45) is 0 Å². The van der Waals surface area contributed by atoms with Crippen LogP contribution in [-0.4, -0.2) is 40.3 Å². The van der Waals surface area contributed by atoms with E-state index < -0.39 is 0 Å². The Morgan fingerprint density at radius 2 is 1.59 bits per heavy atom. The molecule has 0 bridgehead atoms. The van der Waals surface area contributed by atoms with E-state index in [-0.39, 0.29) is 17.7 Å². The minimum Gasteiger partial charge on any atom is -0.431 e. The standard InChI is InChI=1S/C27H23Cl2N3O2/c28-22-10-6-19(7-11-22)17-31-14-15-32(18-24(31)20-8-12-23(29)13-9-20)27(33)25-16-30-26(34-25)21-4-2-1-3-5-21/h1-13,16,24H,14-15,17-18H2. The topological polar surface area (TPSA) is 49.6 Å². The average molecular weight is 492 g/mol. The van der Waals surface area contributed by atoms with Crippen LogP contribution in [0.3, 0.4) is 0 Å². The Kier molecular flexibility index (Phi) is 6.68. The van der Waals surface area contributed by atoms with Gasteiger partial charge in [-0.3, -0.25) is 9.69 Å². The first-order valence-corrected chi connectivity index (χ1v) is 11.9. The van der Waals surface area contributed by atoms with Gasteiger partial charge in [-0.05, 0) is 47.5 Å². The summed E-state index contributed by atoms with van der Waals surface area (Å²) < 4.78 is 5.83. The first-order chi connectivity index (χ1) is 16.6. The molecule has 34 heavy (non-hydrogen) atoms. The van der Waals surface area contributed by atoms with Crippen molar-refractivity contribution in [1.82, 2.24) is 14.8 Å². The van der Waals surface area contributed by atoms with Crippen LogP contribution in [0.4, 0.5) is 0 Å². The van der Waals surface area contributed by atoms with Crippen molar-refractivity contribution in [1.29, 1.82) is 0 Å². The van der Waals surface area contributed by atoms with Gasteiger partial charge in [0.25, 0.3) is 5.91 Å². The Hall–Kier alpha value is -3.12. The first-order valence-electron chi connectivity index (χ1n) is 11.1. The van der Waals surface area contributed by atoms with Crippen LogP contribution in [0, 0.1) is 0 Å². The molecule has 172 valence electrons. The predicted octanol–water partition coefficient (Wildman–Crippen LogP) is 6.35. The smallest absolute Gasteiger partial charge is 0.291 e. The third kappa shape index (κ3) is 5.02. The first kappa shape index (κ1) is 22.7. The summed E-state index contributed by atoms with van der Waals surface area (Å²) in [4.78, 5) is 21.9. The molecule has 4 aromatic rings. The van der Waals surface area contributed by atoms with Gasteiger partial charge in [-0.15, -0.1) is 0 Å². The quantitative estimate of drug-likeness (QED) is 0.326. The van der Waals surface area contributed by atoms with Crippen molar-refractivity contribution in [3.05, 3.63) is 112 Å². The van der Waals surface area contributed by atoms with E-state index in [1.165, 1.54) is 11.8 Å². The summed E-state index contributed by atoms with van der Waals surface area (Å²) in [6, 6.07) is 25.3. The highest BCUT2D eigenvalue weighted by Crippen LogP contribution is 2.30. The number of rotatable bonds is 5. The molecule has 1 fully saturated rings. The number of benzene rings is 3. The summed E-state index contributed by atoms with van der Waals surface area (Å²) in [6.07, 6.45) is 1.52. The molecule has 1 saturated heterocycles. The van der Waals surface area contributed by atoms with E-state index in [0.717, 1.165) is 29.2 Å². The van der Waals surface area contributed by atoms with Crippen LogP contribution < -0.4 is 0 Å². The second kappa shape index (κ2) is 10.0. The largest absolute Gasteiger partial charge is 0.431 e. The van der Waals surface area contributed by atoms with Crippen LogP contribution in [0.5, 0.6) is 0 Å². The lowest BCUT2D eigenvalue weighted by Gasteiger charge is -2.41. The molecule has 1 amide bonds. The molecule has 0 spiro atoms. The number of oxazole rings is 1. The third-order valence-electron chi connectivity index (χ3n) is 6.07.